The summed E-state index contributed by atoms with van der Waals surface area (Å²) < 4.78 is 5.16. The van der Waals surface area contributed by atoms with E-state index in [9.17, 15) is 9.59 Å². The van der Waals surface area contributed by atoms with Gasteiger partial charge in [0.1, 0.15) is 6.04 Å². The molecule has 0 saturated heterocycles. The van der Waals surface area contributed by atoms with Crippen LogP contribution in [0.2, 0.25) is 0 Å². The first-order valence-electron chi connectivity index (χ1n) is 5.51. The Morgan fingerprint density at radius 1 is 1.50 bits per heavy atom. The summed E-state index contributed by atoms with van der Waals surface area (Å²) in [5.74, 6) is 1.03. The van der Waals surface area contributed by atoms with E-state index >= 15 is 0 Å². The molecule has 6 nitrogen and oxygen atoms in total. The summed E-state index contributed by atoms with van der Waals surface area (Å²) >= 11 is 0. The largest absolute Gasteiger partial charge is 0.480 e. The van der Waals surface area contributed by atoms with Gasteiger partial charge < -0.3 is 20.5 Å². The van der Waals surface area contributed by atoms with E-state index in [4.69, 9.17) is 16.3 Å². The average Bonchev–Trinajstić information content (AvgIpc) is 2.33. The highest BCUT2D eigenvalue weighted by molar-refractivity contribution is 5.82. The maximum absolute atomic E-state index is 11.3. The van der Waals surface area contributed by atoms with Gasteiger partial charge in [0.25, 0.3) is 0 Å². The molecule has 100 valence electrons. The number of carbonyl (C=O) groups excluding carboxylic acids is 1. The fraction of sp³-hybridized carbons (Fsp3) is 0.500. The zero-order chi connectivity index (χ0) is 13.8. The summed E-state index contributed by atoms with van der Waals surface area (Å²) in [7, 11) is 0. The van der Waals surface area contributed by atoms with Crippen molar-refractivity contribution in [3.8, 4) is 12.3 Å². The van der Waals surface area contributed by atoms with Gasteiger partial charge in [-0.3, -0.25) is 0 Å². The highest BCUT2D eigenvalue weighted by Gasteiger charge is 2.18. The molecular formula is C12H18N2O4. The van der Waals surface area contributed by atoms with Crippen molar-refractivity contribution in [1.82, 2.24) is 10.6 Å². The number of carboxylic acids is 1. The molecule has 0 aromatic carbocycles. The van der Waals surface area contributed by atoms with Crippen LogP contribution in [0.25, 0.3) is 0 Å². The van der Waals surface area contributed by atoms with E-state index in [2.05, 4.69) is 23.1 Å². The molecule has 0 aliphatic rings. The van der Waals surface area contributed by atoms with E-state index in [1.807, 2.05) is 0 Å². The van der Waals surface area contributed by atoms with E-state index in [0.29, 0.717) is 19.8 Å². The molecule has 0 fully saturated rings. The van der Waals surface area contributed by atoms with Crippen molar-refractivity contribution in [3.63, 3.8) is 0 Å². The molecule has 6 heteroatoms. The number of hydrogen-bond donors (Lipinski definition) is 3. The topological polar surface area (TPSA) is 87.7 Å². The van der Waals surface area contributed by atoms with Gasteiger partial charge in [0.15, 0.2) is 0 Å². The molecule has 0 bridgehead atoms. The van der Waals surface area contributed by atoms with Crippen LogP contribution in [0, 0.1) is 12.3 Å². The Balaban J connectivity index is 3.72. The van der Waals surface area contributed by atoms with Crippen LogP contribution in [0.15, 0.2) is 12.7 Å². The number of carboxylic acid groups (broad SMARTS) is 1. The fourth-order valence-corrected chi connectivity index (χ4v) is 1.03. The standard InChI is InChI=1S/C12H18N2O4/c1-3-5-8-18-9-7-13-12(17)14-10(6-4-2)11(15)16/h2-3,10H,1,5-9H2,(H,15,16)(H2,13,14,17). The molecule has 0 aromatic heterocycles. The number of nitrogens with one attached hydrogen (secondary N) is 2. The van der Waals surface area contributed by atoms with Crippen LogP contribution in [-0.4, -0.2) is 42.9 Å². The summed E-state index contributed by atoms with van der Waals surface area (Å²) in [6.45, 7) is 4.74. The molecule has 2 amide bonds. The van der Waals surface area contributed by atoms with E-state index < -0.39 is 18.0 Å². The fourth-order valence-electron chi connectivity index (χ4n) is 1.03. The van der Waals surface area contributed by atoms with Gasteiger partial charge in [-0.1, -0.05) is 6.08 Å². The maximum Gasteiger partial charge on any atom is 0.327 e. The molecule has 0 heterocycles. The molecular weight excluding hydrogens is 236 g/mol. The van der Waals surface area contributed by atoms with Gasteiger partial charge in [-0.2, -0.15) is 0 Å². The van der Waals surface area contributed by atoms with Crippen LogP contribution in [-0.2, 0) is 9.53 Å². The molecule has 0 aromatic rings. The van der Waals surface area contributed by atoms with Crippen LogP contribution in [0.5, 0.6) is 0 Å². The van der Waals surface area contributed by atoms with Crippen molar-refractivity contribution in [2.75, 3.05) is 19.8 Å². The number of amides is 2. The van der Waals surface area contributed by atoms with Crippen molar-refractivity contribution in [3.05, 3.63) is 12.7 Å². The molecule has 3 N–H and O–H groups in total. The Labute approximate surface area is 106 Å². The SMILES string of the molecule is C#CCC(NC(=O)NCCOCCC=C)C(=O)O. The first-order chi connectivity index (χ1) is 8.61. The van der Waals surface area contributed by atoms with Gasteiger partial charge in [-0.25, -0.2) is 9.59 Å². The lowest BCUT2D eigenvalue weighted by Crippen LogP contribution is -2.46. The lowest BCUT2D eigenvalue weighted by Gasteiger charge is -2.12. The van der Waals surface area contributed by atoms with Gasteiger partial charge in [0, 0.05) is 13.0 Å². The third-order valence-corrected chi connectivity index (χ3v) is 1.92. The number of rotatable bonds is 9. The van der Waals surface area contributed by atoms with E-state index in [-0.39, 0.29) is 6.42 Å². The minimum Gasteiger partial charge on any atom is -0.480 e. The third kappa shape index (κ3) is 8.19. The lowest BCUT2D eigenvalue weighted by atomic mass is 10.2. The van der Waals surface area contributed by atoms with Crippen molar-refractivity contribution in [1.29, 1.82) is 0 Å². The molecule has 0 spiro atoms. The Morgan fingerprint density at radius 3 is 2.78 bits per heavy atom. The predicted octanol–water partition coefficient (Wildman–Crippen LogP) is 0.355. The molecule has 0 rings (SSSR count). The number of carbonyl (C=O) groups is 2. The third-order valence-electron chi connectivity index (χ3n) is 1.92. The second-order valence-corrected chi connectivity index (χ2v) is 3.39. The molecule has 0 aliphatic carbocycles. The number of hydrogen-bond acceptors (Lipinski definition) is 3. The quantitative estimate of drug-likeness (QED) is 0.315. The Bertz CT molecular complexity index is 323. The number of aliphatic carboxylic acids is 1. The van der Waals surface area contributed by atoms with Crippen molar-refractivity contribution < 1.29 is 19.4 Å². The van der Waals surface area contributed by atoms with Gasteiger partial charge in [0.2, 0.25) is 0 Å². The van der Waals surface area contributed by atoms with Gasteiger partial charge in [-0.15, -0.1) is 18.9 Å². The second kappa shape index (κ2) is 10.2. The second-order valence-electron chi connectivity index (χ2n) is 3.39. The monoisotopic (exact) mass is 254 g/mol. The van der Waals surface area contributed by atoms with Crippen LogP contribution < -0.4 is 10.6 Å². The summed E-state index contributed by atoms with van der Waals surface area (Å²) in [5, 5.41) is 13.5. The van der Waals surface area contributed by atoms with E-state index in [1.165, 1.54) is 0 Å². The summed E-state index contributed by atoms with van der Waals surface area (Å²) in [5.41, 5.74) is 0. The molecule has 18 heavy (non-hydrogen) atoms. The minimum atomic E-state index is -1.16. The molecule has 0 aliphatic heterocycles. The normalized spacial score (nSPS) is 11.1. The van der Waals surface area contributed by atoms with Gasteiger partial charge in [-0.05, 0) is 6.42 Å². The Kier molecular flexibility index (Phi) is 9.04. The smallest absolute Gasteiger partial charge is 0.327 e. The van der Waals surface area contributed by atoms with Gasteiger partial charge >= 0.3 is 12.0 Å². The number of urea groups is 1. The number of ether oxygens (including phenoxy) is 1. The first kappa shape index (κ1) is 16.0. The lowest BCUT2D eigenvalue weighted by molar-refractivity contribution is -0.139. The molecule has 1 unspecified atom stereocenters. The predicted molar refractivity (Wildman–Crippen MR) is 67.0 cm³/mol. The van der Waals surface area contributed by atoms with Gasteiger partial charge in [0.05, 0.1) is 13.2 Å². The minimum absolute atomic E-state index is 0.0570. The maximum atomic E-state index is 11.3. The van der Waals surface area contributed by atoms with Crippen LogP contribution in [0.1, 0.15) is 12.8 Å². The first-order valence-corrected chi connectivity index (χ1v) is 5.51. The van der Waals surface area contributed by atoms with Crippen molar-refractivity contribution in [2.24, 2.45) is 0 Å². The Morgan fingerprint density at radius 2 is 2.22 bits per heavy atom. The average molecular weight is 254 g/mol. The van der Waals surface area contributed by atoms with E-state index in [0.717, 1.165) is 6.42 Å². The number of terminal acetylenes is 1. The highest BCUT2D eigenvalue weighted by atomic mass is 16.5. The summed E-state index contributed by atoms with van der Waals surface area (Å²) in [6.07, 6.45) is 7.42. The zero-order valence-corrected chi connectivity index (χ0v) is 10.1. The summed E-state index contributed by atoms with van der Waals surface area (Å²) in [6, 6.07) is -1.65. The van der Waals surface area contributed by atoms with Crippen molar-refractivity contribution >= 4 is 12.0 Å². The molecule has 0 saturated carbocycles. The molecule has 0 radical (unpaired) electrons. The van der Waals surface area contributed by atoms with Crippen LogP contribution in [0.3, 0.4) is 0 Å². The zero-order valence-electron chi connectivity index (χ0n) is 10.1. The Hall–Kier alpha value is -2.00. The molecule has 1 atom stereocenters. The highest BCUT2D eigenvalue weighted by Crippen LogP contribution is 1.90. The van der Waals surface area contributed by atoms with Crippen molar-refractivity contribution in [2.45, 2.75) is 18.9 Å². The summed E-state index contributed by atoms with van der Waals surface area (Å²) in [4.78, 5) is 22.0. The van der Waals surface area contributed by atoms with E-state index in [1.54, 1.807) is 6.08 Å². The van der Waals surface area contributed by atoms with Crippen LogP contribution >= 0.6 is 0 Å². The van der Waals surface area contributed by atoms with Crippen LogP contribution in [0.4, 0.5) is 4.79 Å².